The number of benzene rings is 1. The topological polar surface area (TPSA) is 132 Å². The molecule has 37 heavy (non-hydrogen) atoms. The van der Waals surface area contributed by atoms with Crippen molar-refractivity contribution in [3.63, 3.8) is 0 Å². The number of nitrogens with zero attached hydrogens (tertiary/aromatic N) is 3. The molecular formula is C26H27FN6O4. The number of halogens is 1. The largest absolute Gasteiger partial charge is 0.474 e. The molecule has 11 heteroatoms. The van der Waals surface area contributed by atoms with Crippen LogP contribution in [0.4, 0.5) is 26.4 Å². The number of ether oxygens (including phenoxy) is 2. The lowest BCUT2D eigenvalue weighted by Gasteiger charge is -2.40. The van der Waals surface area contributed by atoms with E-state index in [2.05, 4.69) is 20.6 Å². The third-order valence-corrected chi connectivity index (χ3v) is 7.35. The number of fused-ring (bicyclic) bond motifs is 2. The molecular weight excluding hydrogens is 479 g/mol. The van der Waals surface area contributed by atoms with Crippen LogP contribution in [0.5, 0.6) is 5.88 Å². The minimum Gasteiger partial charge on any atom is -0.474 e. The van der Waals surface area contributed by atoms with E-state index in [-0.39, 0.29) is 35.0 Å². The van der Waals surface area contributed by atoms with Gasteiger partial charge in [-0.25, -0.2) is 19.2 Å². The van der Waals surface area contributed by atoms with E-state index in [4.69, 9.17) is 15.2 Å². The van der Waals surface area contributed by atoms with Gasteiger partial charge < -0.3 is 25.4 Å². The van der Waals surface area contributed by atoms with Crippen molar-refractivity contribution in [1.82, 2.24) is 14.9 Å². The normalized spacial score (nSPS) is 20.1. The molecule has 1 aliphatic carbocycles. The number of amides is 2. The fourth-order valence-electron chi connectivity index (χ4n) is 5.00. The van der Waals surface area contributed by atoms with Gasteiger partial charge >= 0.3 is 6.09 Å². The molecule has 2 amide bonds. The predicted molar refractivity (Wildman–Crippen MR) is 136 cm³/mol. The summed E-state index contributed by atoms with van der Waals surface area (Å²) >= 11 is 0. The zero-order valence-electron chi connectivity index (χ0n) is 20.3. The number of likely N-dealkylation sites (tertiary alicyclic amines) is 1. The maximum Gasteiger partial charge on any atom is 0.413 e. The van der Waals surface area contributed by atoms with Crippen molar-refractivity contribution in [2.75, 3.05) is 42.6 Å². The van der Waals surface area contributed by atoms with Crippen molar-refractivity contribution in [2.24, 2.45) is 5.92 Å². The Labute approximate surface area is 212 Å². The van der Waals surface area contributed by atoms with Crippen LogP contribution in [0.25, 0.3) is 21.9 Å². The third kappa shape index (κ3) is 4.13. The molecule has 0 unspecified atom stereocenters. The minimum absolute atomic E-state index is 0.0390. The summed E-state index contributed by atoms with van der Waals surface area (Å²) in [6.45, 7) is 4.65. The number of nitrogen functional groups attached to an aromatic ring is 1. The Hall–Kier alpha value is -4.15. The molecule has 0 bridgehead atoms. The number of carbonyl (C=O) groups is 2. The van der Waals surface area contributed by atoms with Gasteiger partial charge in [-0.2, -0.15) is 0 Å². The molecule has 2 aliphatic heterocycles. The van der Waals surface area contributed by atoms with Gasteiger partial charge in [-0.3, -0.25) is 10.1 Å². The van der Waals surface area contributed by atoms with Crippen LogP contribution in [0, 0.1) is 18.7 Å². The van der Waals surface area contributed by atoms with Gasteiger partial charge in [0.25, 0.3) is 0 Å². The molecule has 1 saturated heterocycles. The molecule has 0 radical (unpaired) electrons. The number of hydrogen-bond acceptors (Lipinski definition) is 8. The maximum atomic E-state index is 15.3. The summed E-state index contributed by atoms with van der Waals surface area (Å²) in [5.74, 6) is 0.242. The van der Waals surface area contributed by atoms with Gasteiger partial charge in [0.05, 0.1) is 5.69 Å². The molecule has 192 valence electrons. The summed E-state index contributed by atoms with van der Waals surface area (Å²) in [4.78, 5) is 35.1. The number of hydrogen-bond donors (Lipinski definition) is 3. The van der Waals surface area contributed by atoms with Gasteiger partial charge in [-0.1, -0.05) is 0 Å². The molecule has 4 heterocycles. The summed E-state index contributed by atoms with van der Waals surface area (Å²) in [5.41, 5.74) is 8.50. The number of aromatic nitrogens is 2. The van der Waals surface area contributed by atoms with E-state index in [1.54, 1.807) is 18.3 Å². The minimum atomic E-state index is -0.650. The highest BCUT2D eigenvalue weighted by Crippen LogP contribution is 2.40. The van der Waals surface area contributed by atoms with Crippen molar-refractivity contribution in [3.05, 3.63) is 35.9 Å². The average molecular weight is 507 g/mol. The Morgan fingerprint density at radius 2 is 2.03 bits per heavy atom. The summed E-state index contributed by atoms with van der Waals surface area (Å²) in [6.07, 6.45) is 4.15. The molecule has 1 aromatic carbocycles. The number of nitrogens with one attached hydrogen (secondary N) is 2. The zero-order valence-corrected chi connectivity index (χ0v) is 20.3. The Bertz CT molecular complexity index is 1420. The molecule has 10 nitrogen and oxygen atoms in total. The quantitative estimate of drug-likeness (QED) is 0.457. The monoisotopic (exact) mass is 506 g/mol. The molecule has 0 atom stereocenters. The maximum absolute atomic E-state index is 15.3. The molecule has 1 saturated carbocycles. The Morgan fingerprint density at radius 3 is 2.78 bits per heavy atom. The van der Waals surface area contributed by atoms with Crippen molar-refractivity contribution in [3.8, 4) is 17.0 Å². The second-order valence-corrected chi connectivity index (χ2v) is 9.69. The highest BCUT2D eigenvalue weighted by Gasteiger charge is 2.40. The molecule has 3 aliphatic rings. The SMILES string of the molecule is Cc1c(-c2cc3cc(NC(=O)OC4CC(C(=O)N5CCC5)C4)ncc3c(N)c2F)cnc2c1NCCO2. The second-order valence-electron chi connectivity index (χ2n) is 9.69. The Morgan fingerprint density at radius 1 is 1.22 bits per heavy atom. The van der Waals surface area contributed by atoms with Crippen LogP contribution in [0.3, 0.4) is 0 Å². The first-order valence-electron chi connectivity index (χ1n) is 12.4. The standard InChI is InChI=1S/C26H27FN6O4/c1-13-18(11-31-24-23(13)29-3-6-36-24)17-9-14-10-20(30-12-19(14)22(28)21(17)27)32-26(35)37-16-7-15(8-16)25(34)33-4-2-5-33/h9-12,15-16,29H,2-8,28H2,1H3,(H,30,32,35). The Kier molecular flexibility index (Phi) is 5.69. The van der Waals surface area contributed by atoms with E-state index in [1.807, 2.05) is 11.8 Å². The van der Waals surface area contributed by atoms with Gasteiger partial charge in [-0.05, 0) is 49.3 Å². The van der Waals surface area contributed by atoms with Crippen LogP contribution in [-0.2, 0) is 9.53 Å². The van der Waals surface area contributed by atoms with E-state index in [1.165, 1.54) is 6.20 Å². The Balaban J connectivity index is 1.19. The van der Waals surface area contributed by atoms with Crippen molar-refractivity contribution >= 4 is 40.0 Å². The molecule has 2 aromatic heterocycles. The summed E-state index contributed by atoms with van der Waals surface area (Å²) in [6, 6.07) is 3.28. The molecule has 6 rings (SSSR count). The number of carbonyl (C=O) groups excluding carboxylic acids is 2. The van der Waals surface area contributed by atoms with Crippen molar-refractivity contribution < 1.29 is 23.5 Å². The fourth-order valence-corrected chi connectivity index (χ4v) is 5.00. The van der Waals surface area contributed by atoms with Gasteiger partial charge in [0.15, 0.2) is 5.82 Å². The van der Waals surface area contributed by atoms with Crippen LogP contribution in [0.15, 0.2) is 24.5 Å². The van der Waals surface area contributed by atoms with Gasteiger partial charge in [-0.15, -0.1) is 0 Å². The van der Waals surface area contributed by atoms with Gasteiger partial charge in [0.2, 0.25) is 11.8 Å². The third-order valence-electron chi connectivity index (χ3n) is 7.35. The van der Waals surface area contributed by atoms with Crippen molar-refractivity contribution in [1.29, 1.82) is 0 Å². The van der Waals surface area contributed by atoms with Crippen LogP contribution < -0.4 is 21.1 Å². The number of pyridine rings is 2. The highest BCUT2D eigenvalue weighted by atomic mass is 19.1. The van der Waals surface area contributed by atoms with Gasteiger partial charge in [0, 0.05) is 54.5 Å². The summed E-state index contributed by atoms with van der Waals surface area (Å²) in [7, 11) is 0. The molecule has 3 aromatic rings. The molecule has 4 N–H and O–H groups in total. The van der Waals surface area contributed by atoms with Crippen LogP contribution >= 0.6 is 0 Å². The second kappa shape index (κ2) is 9.06. The van der Waals surface area contributed by atoms with E-state index < -0.39 is 11.9 Å². The fraction of sp³-hybridized carbons (Fsp3) is 0.385. The van der Waals surface area contributed by atoms with Crippen molar-refractivity contribution in [2.45, 2.75) is 32.3 Å². The van der Waals surface area contributed by atoms with Crippen LogP contribution in [-0.4, -0.2) is 59.2 Å². The smallest absolute Gasteiger partial charge is 0.413 e. The first-order chi connectivity index (χ1) is 17.9. The van der Waals surface area contributed by atoms with Crippen LogP contribution in [0.1, 0.15) is 24.8 Å². The number of nitrogens with two attached hydrogens (primary N) is 1. The lowest BCUT2D eigenvalue weighted by Crippen LogP contribution is -2.50. The summed E-state index contributed by atoms with van der Waals surface area (Å²) < 4.78 is 26.4. The summed E-state index contributed by atoms with van der Waals surface area (Å²) in [5, 5.41) is 6.91. The lowest BCUT2D eigenvalue weighted by molar-refractivity contribution is -0.145. The van der Waals surface area contributed by atoms with Crippen LogP contribution in [0.2, 0.25) is 0 Å². The van der Waals surface area contributed by atoms with E-state index >= 15 is 4.39 Å². The predicted octanol–water partition coefficient (Wildman–Crippen LogP) is 3.69. The average Bonchev–Trinajstić information content (AvgIpc) is 2.83. The number of anilines is 3. The van der Waals surface area contributed by atoms with E-state index in [0.717, 1.165) is 30.8 Å². The highest BCUT2D eigenvalue weighted by molar-refractivity contribution is 5.99. The first-order valence-corrected chi connectivity index (χ1v) is 12.4. The van der Waals surface area contributed by atoms with E-state index in [0.29, 0.717) is 48.2 Å². The number of rotatable bonds is 4. The van der Waals surface area contributed by atoms with Gasteiger partial charge in [0.1, 0.15) is 24.2 Å². The first kappa shape index (κ1) is 23.3. The molecule has 0 spiro atoms. The lowest BCUT2D eigenvalue weighted by atomic mass is 9.81. The zero-order chi connectivity index (χ0) is 25.7. The molecule has 2 fully saturated rings. The van der Waals surface area contributed by atoms with E-state index in [9.17, 15) is 9.59 Å².